The van der Waals surface area contributed by atoms with Crippen LogP contribution in [0, 0.1) is 37.2 Å². The van der Waals surface area contributed by atoms with Gasteiger partial charge in [-0.3, -0.25) is 0 Å². The molecular formula is C41H42P2Ru+. The number of benzene rings is 4. The third-order valence-electron chi connectivity index (χ3n) is 6.94. The summed E-state index contributed by atoms with van der Waals surface area (Å²) in [5.41, 5.74) is 2.68. The van der Waals surface area contributed by atoms with E-state index >= 15 is 0 Å². The molecule has 5 radical (unpaired) electrons. The van der Waals surface area contributed by atoms with E-state index in [-0.39, 0.29) is 27.4 Å². The molecule has 6 rings (SSSR count). The van der Waals surface area contributed by atoms with Crippen molar-refractivity contribution in [1.82, 2.24) is 0 Å². The Morgan fingerprint density at radius 1 is 0.523 bits per heavy atom. The third-order valence-corrected chi connectivity index (χ3v) is 12.2. The quantitative estimate of drug-likeness (QED) is 0.103. The summed E-state index contributed by atoms with van der Waals surface area (Å²) in [5, 5.41) is 4.19. The van der Waals surface area contributed by atoms with Crippen LogP contribution < -0.4 is 15.9 Å². The van der Waals surface area contributed by atoms with Gasteiger partial charge in [-0.25, -0.2) is 0 Å². The molecule has 3 heteroatoms. The molecule has 1 saturated carbocycles. The molecule has 1 fully saturated rings. The van der Waals surface area contributed by atoms with Gasteiger partial charge in [0, 0.05) is 11.8 Å². The van der Waals surface area contributed by atoms with Crippen LogP contribution in [0.1, 0.15) is 33.3 Å². The van der Waals surface area contributed by atoms with Gasteiger partial charge in [-0.15, -0.1) is 17.9 Å². The zero-order valence-electron chi connectivity index (χ0n) is 26.1. The van der Waals surface area contributed by atoms with Crippen LogP contribution in [0.3, 0.4) is 0 Å². The van der Waals surface area contributed by atoms with Crippen LogP contribution in [-0.2, 0) is 19.5 Å². The van der Waals surface area contributed by atoms with Crippen molar-refractivity contribution in [3.05, 3.63) is 194 Å². The van der Waals surface area contributed by atoms with E-state index in [0.29, 0.717) is 0 Å². The first-order valence-corrected chi connectivity index (χ1v) is 17.9. The van der Waals surface area contributed by atoms with Crippen molar-refractivity contribution in [2.24, 2.45) is 0 Å². The molecule has 0 saturated heterocycles. The van der Waals surface area contributed by atoms with E-state index in [1.807, 2.05) is 6.07 Å². The molecule has 0 N–H and O–H groups in total. The molecule has 0 aliphatic heterocycles. The Kier molecular flexibility index (Phi) is 16.3. The second kappa shape index (κ2) is 19.9. The molecule has 0 amide bonds. The van der Waals surface area contributed by atoms with E-state index in [4.69, 9.17) is 0 Å². The van der Waals surface area contributed by atoms with Gasteiger partial charge in [-0.1, -0.05) is 157 Å². The topological polar surface area (TPSA) is 0 Å². The fraction of sp³-hybridized carbons (Fsp3) is 0.146. The third kappa shape index (κ3) is 11.5. The van der Waals surface area contributed by atoms with Crippen molar-refractivity contribution in [3.8, 4) is 0 Å². The molecule has 0 spiro atoms. The number of hydrogen-bond donors (Lipinski definition) is 0. The maximum absolute atomic E-state index is 3.41. The number of fused-ring (bicyclic) bond motifs is 1. The van der Waals surface area contributed by atoms with E-state index < -0.39 is 7.92 Å². The van der Waals surface area contributed by atoms with Crippen LogP contribution in [-0.4, -0.2) is 11.3 Å². The minimum Gasteiger partial charge on any atom is -0.193 e. The first-order valence-electron chi connectivity index (χ1n) is 15.0. The minimum atomic E-state index is -0.446. The predicted octanol–water partition coefficient (Wildman–Crippen LogP) is 9.98. The second-order valence-electron chi connectivity index (χ2n) is 10.8. The van der Waals surface area contributed by atoms with Gasteiger partial charge in [0.2, 0.25) is 0 Å². The number of hydrogen-bond acceptors (Lipinski definition) is 0. The molecule has 2 aliphatic carbocycles. The van der Waals surface area contributed by atoms with E-state index in [0.717, 1.165) is 11.3 Å². The number of allylic oxidation sites excluding steroid dienone is 4. The van der Waals surface area contributed by atoms with Gasteiger partial charge in [0.25, 0.3) is 0 Å². The normalized spacial score (nSPS) is 14.3. The summed E-state index contributed by atoms with van der Waals surface area (Å²) in [4.78, 5) is 0. The molecule has 0 heterocycles. The van der Waals surface area contributed by atoms with Crippen LogP contribution in [0.15, 0.2) is 151 Å². The van der Waals surface area contributed by atoms with Gasteiger partial charge in [-0.05, 0) is 54.4 Å². The summed E-state index contributed by atoms with van der Waals surface area (Å²) < 4.78 is 0. The van der Waals surface area contributed by atoms with Crippen LogP contribution in [0.2, 0.25) is 0 Å². The van der Waals surface area contributed by atoms with Gasteiger partial charge >= 0.3 is 19.5 Å². The Balaban J connectivity index is 0.000000189. The standard InChI is InChI=1S/C18H15P.C14H20P.C9H7.Ru/c1-4-10-16(11-5-1)19(17-12-6-2-7-13-17)18-14-8-3-9-15-18;1-12(2)15(13(3)4)11-10-14-8-6-5-7-9-14;1-2-5-9-7-3-6-8(9)4-1;/h1-15H;5-9,11-13H,1-4H3;1-7H;/q;-1;;+2. The molecule has 4 aromatic rings. The SMILES string of the molecule is CC(C)P(C=[C-]c1ccccc1)C(C)C.[CH]1[CH][C]2C=CC=C[C]2[CH]1.[Ru+2].c1ccc(P(c2ccccc2)c2ccccc2)cc1. The summed E-state index contributed by atoms with van der Waals surface area (Å²) in [6, 6.07) is 42.7. The van der Waals surface area contributed by atoms with E-state index in [1.54, 1.807) is 0 Å². The van der Waals surface area contributed by atoms with Gasteiger partial charge in [0.05, 0.1) is 0 Å². The zero-order chi connectivity index (χ0) is 30.3. The fourth-order valence-corrected chi connectivity index (χ4v) is 9.22. The van der Waals surface area contributed by atoms with E-state index in [1.165, 1.54) is 33.3 Å². The van der Waals surface area contributed by atoms with Crippen LogP contribution in [0.25, 0.3) is 0 Å². The molecule has 0 nitrogen and oxygen atoms in total. The smallest absolute Gasteiger partial charge is 0.193 e. The van der Waals surface area contributed by atoms with Gasteiger partial charge in [-0.2, -0.15) is 23.8 Å². The van der Waals surface area contributed by atoms with Crippen LogP contribution in [0.5, 0.6) is 0 Å². The van der Waals surface area contributed by atoms with Crippen LogP contribution in [0.4, 0.5) is 0 Å². The molecule has 4 aromatic carbocycles. The maximum Gasteiger partial charge on any atom is 2.00 e. The molecule has 223 valence electrons. The van der Waals surface area contributed by atoms with Gasteiger partial charge < -0.3 is 0 Å². The first kappa shape index (κ1) is 36.1. The zero-order valence-corrected chi connectivity index (χ0v) is 29.6. The Morgan fingerprint density at radius 2 is 0.886 bits per heavy atom. The van der Waals surface area contributed by atoms with Gasteiger partial charge in [0.1, 0.15) is 0 Å². The van der Waals surface area contributed by atoms with Crippen molar-refractivity contribution in [1.29, 1.82) is 0 Å². The van der Waals surface area contributed by atoms with Gasteiger partial charge in [0.15, 0.2) is 0 Å². The van der Waals surface area contributed by atoms with E-state index in [2.05, 4.69) is 198 Å². The predicted molar refractivity (Wildman–Crippen MR) is 193 cm³/mol. The Bertz CT molecular complexity index is 1280. The minimum absolute atomic E-state index is 0. The average molecular weight is 698 g/mol. The average Bonchev–Trinajstić information content (AvgIpc) is 3.53. The monoisotopic (exact) mass is 698 g/mol. The van der Waals surface area contributed by atoms with Crippen molar-refractivity contribution >= 4 is 31.8 Å². The van der Waals surface area contributed by atoms with E-state index in [9.17, 15) is 0 Å². The summed E-state index contributed by atoms with van der Waals surface area (Å²) in [7, 11) is -0.484. The summed E-state index contributed by atoms with van der Waals surface area (Å²) in [6.45, 7) is 9.20. The summed E-state index contributed by atoms with van der Waals surface area (Å²) in [5.74, 6) is 4.95. The molecule has 0 bridgehead atoms. The number of rotatable bonds is 7. The maximum atomic E-state index is 3.41. The Hall–Kier alpha value is -2.42. The Morgan fingerprint density at radius 3 is 1.25 bits per heavy atom. The van der Waals surface area contributed by atoms with Crippen molar-refractivity contribution in [2.45, 2.75) is 39.0 Å². The Labute approximate surface area is 283 Å². The first-order chi connectivity index (χ1) is 21.0. The molecule has 0 unspecified atom stereocenters. The van der Waals surface area contributed by atoms with Crippen LogP contribution >= 0.6 is 15.8 Å². The van der Waals surface area contributed by atoms with Crippen molar-refractivity contribution < 1.29 is 19.5 Å². The largest absolute Gasteiger partial charge is 2.00 e. The van der Waals surface area contributed by atoms with Crippen molar-refractivity contribution in [3.63, 3.8) is 0 Å². The molecule has 0 atom stereocenters. The summed E-state index contributed by atoms with van der Waals surface area (Å²) in [6.07, 6.45) is 18.1. The fourth-order valence-electron chi connectivity index (χ4n) is 4.83. The molecule has 0 aromatic heterocycles. The molecule has 44 heavy (non-hydrogen) atoms. The summed E-state index contributed by atoms with van der Waals surface area (Å²) >= 11 is 0. The molecular weight excluding hydrogens is 655 g/mol. The second-order valence-corrected chi connectivity index (χ2v) is 16.2. The molecule has 2 aliphatic rings. The van der Waals surface area contributed by atoms with Crippen molar-refractivity contribution in [2.75, 3.05) is 0 Å².